The van der Waals surface area contributed by atoms with Crippen LogP contribution in [0.2, 0.25) is 0 Å². The molecule has 6 heteroatoms. The van der Waals surface area contributed by atoms with E-state index in [0.717, 1.165) is 12.1 Å². The van der Waals surface area contributed by atoms with Gasteiger partial charge >= 0.3 is 0 Å². The lowest BCUT2D eigenvalue weighted by Gasteiger charge is -2.07. The van der Waals surface area contributed by atoms with Crippen molar-refractivity contribution in [2.75, 3.05) is 23.9 Å². The van der Waals surface area contributed by atoms with Crippen LogP contribution in [0, 0.1) is 0 Å². The summed E-state index contributed by atoms with van der Waals surface area (Å²) in [5.74, 6) is 0.441. The predicted octanol–water partition coefficient (Wildman–Crippen LogP) is 1.41. The molecule has 0 saturated heterocycles. The Morgan fingerprint density at radius 1 is 1.42 bits per heavy atom. The molecule has 0 heterocycles. The highest BCUT2D eigenvalue weighted by Crippen LogP contribution is 2.10. The summed E-state index contributed by atoms with van der Waals surface area (Å²) >= 11 is 0. The second kappa shape index (κ2) is 7.13. The summed E-state index contributed by atoms with van der Waals surface area (Å²) in [5, 5.41) is 2.99. The van der Waals surface area contributed by atoms with Crippen molar-refractivity contribution in [3.63, 3.8) is 0 Å². The molecule has 0 unspecified atom stereocenters. The van der Waals surface area contributed by atoms with Crippen LogP contribution in [-0.2, 0) is 16.3 Å². The van der Waals surface area contributed by atoms with Crippen molar-refractivity contribution in [3.05, 3.63) is 29.8 Å². The minimum Gasteiger partial charge on any atom is -0.370 e. The van der Waals surface area contributed by atoms with Crippen LogP contribution >= 0.6 is 0 Å². The maximum absolute atomic E-state index is 10.9. The summed E-state index contributed by atoms with van der Waals surface area (Å²) in [5.41, 5.74) is 7.85. The van der Waals surface area contributed by atoms with Crippen molar-refractivity contribution in [3.8, 4) is 0 Å². The molecular weight excluding hydrogens is 262 g/mol. The topological polar surface area (TPSA) is 84.5 Å². The first-order valence-electron chi connectivity index (χ1n) is 6.24. The third-order valence-corrected chi connectivity index (χ3v) is 3.59. The Hall–Kier alpha value is -1.56. The van der Waals surface area contributed by atoms with E-state index in [1.165, 1.54) is 11.8 Å². The summed E-state index contributed by atoms with van der Waals surface area (Å²) in [6.45, 7) is 2.49. The fourth-order valence-corrected chi connectivity index (χ4v) is 2.24. The van der Waals surface area contributed by atoms with E-state index in [9.17, 15) is 8.42 Å². The zero-order chi connectivity index (χ0) is 14.3. The molecule has 1 aromatic rings. The Balaban J connectivity index is 2.47. The van der Waals surface area contributed by atoms with E-state index in [4.69, 9.17) is 5.73 Å². The molecule has 0 fully saturated rings. The maximum Gasteiger partial charge on any atom is 0.193 e. The molecule has 1 rings (SSSR count). The lowest BCUT2D eigenvalue weighted by molar-refractivity contribution is 0.599. The van der Waals surface area contributed by atoms with Crippen LogP contribution in [0.4, 0.5) is 5.69 Å². The van der Waals surface area contributed by atoms with Crippen LogP contribution in [0.1, 0.15) is 18.9 Å². The molecule has 1 aromatic carbocycles. The summed E-state index contributed by atoms with van der Waals surface area (Å²) < 4.78 is 21.9. The van der Waals surface area contributed by atoms with Gasteiger partial charge in [-0.1, -0.05) is 19.1 Å². The number of nitrogens with one attached hydrogen (secondary N) is 1. The Kier molecular flexibility index (Phi) is 5.82. The summed E-state index contributed by atoms with van der Waals surface area (Å²) in [6.07, 6.45) is 2.66. The van der Waals surface area contributed by atoms with Crippen LogP contribution < -0.4 is 11.1 Å². The van der Waals surface area contributed by atoms with Gasteiger partial charge in [0.05, 0.1) is 5.75 Å². The van der Waals surface area contributed by atoms with Crippen LogP contribution in [0.25, 0.3) is 0 Å². The Labute approximate surface area is 114 Å². The monoisotopic (exact) mass is 283 g/mol. The number of hydrogen-bond acceptors (Lipinski definition) is 3. The molecule has 0 radical (unpaired) electrons. The third kappa shape index (κ3) is 6.81. The van der Waals surface area contributed by atoms with E-state index in [0.29, 0.717) is 18.9 Å². The normalized spacial score (nSPS) is 12.4. The number of rotatable bonds is 6. The summed E-state index contributed by atoms with van der Waals surface area (Å²) in [4.78, 5) is 4.10. The zero-order valence-corrected chi connectivity index (χ0v) is 12.2. The van der Waals surface area contributed by atoms with Crippen LogP contribution in [-0.4, -0.2) is 32.9 Å². The molecule has 0 aromatic heterocycles. The first-order chi connectivity index (χ1) is 8.90. The average molecular weight is 283 g/mol. The number of aliphatic imine (C=N–C) groups is 1. The smallest absolute Gasteiger partial charge is 0.193 e. The van der Waals surface area contributed by atoms with Gasteiger partial charge in [0.2, 0.25) is 0 Å². The van der Waals surface area contributed by atoms with Gasteiger partial charge in [0.15, 0.2) is 5.96 Å². The molecule has 0 spiro atoms. The van der Waals surface area contributed by atoms with Gasteiger partial charge in [-0.2, -0.15) is 0 Å². The van der Waals surface area contributed by atoms with E-state index in [1.807, 2.05) is 24.3 Å². The van der Waals surface area contributed by atoms with Gasteiger partial charge in [0, 0.05) is 18.5 Å². The first kappa shape index (κ1) is 15.5. The molecule has 0 bridgehead atoms. The number of sulfone groups is 1. The molecule has 5 nitrogen and oxygen atoms in total. The fraction of sp³-hybridized carbons (Fsp3) is 0.462. The highest BCUT2D eigenvalue weighted by Gasteiger charge is 2.01. The van der Waals surface area contributed by atoms with E-state index >= 15 is 0 Å². The van der Waals surface area contributed by atoms with Gasteiger partial charge in [0.25, 0.3) is 0 Å². The zero-order valence-electron chi connectivity index (χ0n) is 11.4. The minimum absolute atomic E-state index is 0.134. The molecule has 0 aliphatic heterocycles. The average Bonchev–Trinajstić information content (AvgIpc) is 2.34. The molecule has 0 saturated carbocycles. The quantitative estimate of drug-likeness (QED) is 0.469. The highest BCUT2D eigenvalue weighted by molar-refractivity contribution is 7.90. The number of aryl methyl sites for hydroxylation is 1. The van der Waals surface area contributed by atoms with Crippen molar-refractivity contribution >= 4 is 21.5 Å². The largest absolute Gasteiger partial charge is 0.370 e. The predicted molar refractivity (Wildman–Crippen MR) is 80.3 cm³/mol. The molecule has 0 atom stereocenters. The number of hydrogen-bond donors (Lipinski definition) is 2. The van der Waals surface area contributed by atoms with Crippen molar-refractivity contribution in [2.45, 2.75) is 19.8 Å². The fourth-order valence-electron chi connectivity index (χ4n) is 1.58. The third-order valence-electron chi connectivity index (χ3n) is 2.56. The Bertz CT molecular complexity index is 539. The van der Waals surface area contributed by atoms with Crippen molar-refractivity contribution < 1.29 is 8.42 Å². The standard InChI is InChI=1S/C13H21N3O2S/c1-3-11-6-4-7-12(10-11)16-13(14)15-8-5-9-19(2,17)18/h4,6-7,10H,3,5,8-9H2,1-2H3,(H3,14,15,16). The molecule has 0 aliphatic rings. The Morgan fingerprint density at radius 2 is 2.16 bits per heavy atom. The minimum atomic E-state index is -2.92. The van der Waals surface area contributed by atoms with Crippen molar-refractivity contribution in [1.29, 1.82) is 0 Å². The van der Waals surface area contributed by atoms with Crippen molar-refractivity contribution in [1.82, 2.24) is 0 Å². The number of anilines is 1. The second-order valence-electron chi connectivity index (χ2n) is 4.43. The maximum atomic E-state index is 10.9. The molecule has 106 valence electrons. The number of guanidine groups is 1. The first-order valence-corrected chi connectivity index (χ1v) is 8.30. The highest BCUT2D eigenvalue weighted by atomic mass is 32.2. The van der Waals surface area contributed by atoms with E-state index in [-0.39, 0.29) is 5.75 Å². The Morgan fingerprint density at radius 3 is 2.79 bits per heavy atom. The lowest BCUT2D eigenvalue weighted by atomic mass is 10.1. The number of nitrogens with zero attached hydrogens (tertiary/aromatic N) is 1. The lowest BCUT2D eigenvalue weighted by Crippen LogP contribution is -2.23. The van der Waals surface area contributed by atoms with Crippen molar-refractivity contribution in [2.24, 2.45) is 10.7 Å². The van der Waals surface area contributed by atoms with Gasteiger partial charge in [-0.05, 0) is 30.5 Å². The summed E-state index contributed by atoms with van der Waals surface area (Å²) in [6, 6.07) is 7.93. The number of benzene rings is 1. The van der Waals surface area contributed by atoms with Crippen LogP contribution in [0.5, 0.6) is 0 Å². The summed E-state index contributed by atoms with van der Waals surface area (Å²) in [7, 11) is -2.92. The number of nitrogens with two attached hydrogens (primary N) is 1. The van der Waals surface area contributed by atoms with E-state index < -0.39 is 9.84 Å². The van der Waals surface area contributed by atoms with Crippen LogP contribution in [0.15, 0.2) is 29.3 Å². The second-order valence-corrected chi connectivity index (χ2v) is 6.69. The molecule has 0 amide bonds. The van der Waals surface area contributed by atoms with Gasteiger partial charge < -0.3 is 11.1 Å². The SMILES string of the molecule is CCc1cccc(NC(N)=NCCCS(C)(=O)=O)c1. The molecule has 3 N–H and O–H groups in total. The molecule has 0 aliphatic carbocycles. The van der Waals surface area contributed by atoms with E-state index in [2.05, 4.69) is 17.2 Å². The van der Waals surface area contributed by atoms with Gasteiger partial charge in [-0.25, -0.2) is 8.42 Å². The van der Waals surface area contributed by atoms with Gasteiger partial charge in [-0.15, -0.1) is 0 Å². The van der Waals surface area contributed by atoms with Crippen LogP contribution in [0.3, 0.4) is 0 Å². The van der Waals surface area contributed by atoms with Gasteiger partial charge in [0.1, 0.15) is 9.84 Å². The molecule has 19 heavy (non-hydrogen) atoms. The van der Waals surface area contributed by atoms with Gasteiger partial charge in [-0.3, -0.25) is 4.99 Å². The molecular formula is C13H21N3O2S. The van der Waals surface area contributed by atoms with E-state index in [1.54, 1.807) is 0 Å².